The molecule has 34 heavy (non-hydrogen) atoms. The van der Waals surface area contributed by atoms with Gasteiger partial charge in [0.2, 0.25) is 0 Å². The number of morpholine rings is 1. The molecule has 0 aliphatic carbocycles. The van der Waals surface area contributed by atoms with E-state index in [4.69, 9.17) is 9.47 Å². The lowest BCUT2D eigenvalue weighted by Gasteiger charge is -2.31. The zero-order valence-corrected chi connectivity index (χ0v) is 18.2. The van der Waals surface area contributed by atoms with E-state index in [1.54, 1.807) is 6.07 Å². The minimum atomic E-state index is -4.56. The second-order valence-corrected chi connectivity index (χ2v) is 7.85. The van der Waals surface area contributed by atoms with E-state index in [1.165, 1.54) is 6.07 Å². The van der Waals surface area contributed by atoms with Crippen LogP contribution in [0.2, 0.25) is 0 Å². The van der Waals surface area contributed by atoms with E-state index in [0.29, 0.717) is 32.0 Å². The maximum Gasteiger partial charge on any atom is 0.416 e. The van der Waals surface area contributed by atoms with E-state index in [0.717, 1.165) is 28.5 Å². The lowest BCUT2D eigenvalue weighted by atomic mass is 10.0. The summed E-state index contributed by atoms with van der Waals surface area (Å²) in [5.41, 5.74) is 0.335. The van der Waals surface area contributed by atoms with E-state index < -0.39 is 30.2 Å². The molecule has 0 radical (unpaired) electrons. The van der Waals surface area contributed by atoms with Crippen molar-refractivity contribution in [3.8, 4) is 0 Å². The van der Waals surface area contributed by atoms with Crippen LogP contribution in [0, 0.1) is 0 Å². The molecule has 3 aromatic carbocycles. The Morgan fingerprint density at radius 3 is 2.50 bits per heavy atom. The molecule has 0 unspecified atom stereocenters. The van der Waals surface area contributed by atoms with Crippen LogP contribution in [-0.2, 0) is 31.7 Å². The minimum absolute atomic E-state index is 0.00632. The SMILES string of the molecule is O=C(COC(=O)Cc1cccc2ccccc12)Nc1cc(C(F)(F)F)ccc1N1CCOCC1. The first-order valence-corrected chi connectivity index (χ1v) is 10.8. The summed E-state index contributed by atoms with van der Waals surface area (Å²) >= 11 is 0. The van der Waals surface area contributed by atoms with E-state index in [-0.39, 0.29) is 12.1 Å². The summed E-state index contributed by atoms with van der Waals surface area (Å²) in [5, 5.41) is 4.36. The summed E-state index contributed by atoms with van der Waals surface area (Å²) in [4.78, 5) is 26.6. The van der Waals surface area contributed by atoms with Crippen LogP contribution in [-0.4, -0.2) is 44.8 Å². The normalized spacial score (nSPS) is 14.1. The van der Waals surface area contributed by atoms with Crippen molar-refractivity contribution in [3.63, 3.8) is 0 Å². The Bertz CT molecular complexity index is 1180. The van der Waals surface area contributed by atoms with Gasteiger partial charge in [-0.25, -0.2) is 0 Å². The third kappa shape index (κ3) is 5.66. The molecule has 0 spiro atoms. The van der Waals surface area contributed by atoms with Gasteiger partial charge >= 0.3 is 12.1 Å². The monoisotopic (exact) mass is 472 g/mol. The minimum Gasteiger partial charge on any atom is -0.455 e. The molecule has 1 amide bonds. The fraction of sp³-hybridized carbons (Fsp3) is 0.280. The number of nitrogens with zero attached hydrogens (tertiary/aromatic N) is 1. The van der Waals surface area contributed by atoms with Crippen molar-refractivity contribution in [2.45, 2.75) is 12.6 Å². The quantitative estimate of drug-likeness (QED) is 0.538. The summed E-state index contributed by atoms with van der Waals surface area (Å²) in [6.07, 6.45) is -4.59. The van der Waals surface area contributed by atoms with E-state index in [2.05, 4.69) is 5.32 Å². The summed E-state index contributed by atoms with van der Waals surface area (Å²) in [6.45, 7) is 1.21. The molecular weight excluding hydrogens is 449 g/mol. The number of esters is 1. The molecule has 6 nitrogen and oxygen atoms in total. The molecule has 1 fully saturated rings. The average molecular weight is 472 g/mol. The van der Waals surface area contributed by atoms with Gasteiger partial charge in [-0.1, -0.05) is 42.5 Å². The maximum absolute atomic E-state index is 13.2. The molecule has 3 aromatic rings. The Labute approximate surface area is 194 Å². The lowest BCUT2D eigenvalue weighted by molar-refractivity contribution is -0.146. The van der Waals surface area contributed by atoms with Crippen LogP contribution < -0.4 is 10.2 Å². The maximum atomic E-state index is 13.2. The van der Waals surface area contributed by atoms with Crippen LogP contribution in [0.1, 0.15) is 11.1 Å². The van der Waals surface area contributed by atoms with Crippen LogP contribution >= 0.6 is 0 Å². The van der Waals surface area contributed by atoms with E-state index in [1.807, 2.05) is 41.3 Å². The third-order valence-electron chi connectivity index (χ3n) is 5.53. The zero-order valence-electron chi connectivity index (χ0n) is 18.2. The molecule has 1 aliphatic heterocycles. The fourth-order valence-corrected chi connectivity index (χ4v) is 3.88. The molecule has 4 rings (SSSR count). The Kier molecular flexibility index (Phi) is 7.02. The molecule has 0 atom stereocenters. The Morgan fingerprint density at radius 1 is 1.00 bits per heavy atom. The highest BCUT2D eigenvalue weighted by Gasteiger charge is 2.32. The second kappa shape index (κ2) is 10.1. The number of halogens is 3. The number of anilines is 2. The molecule has 0 bridgehead atoms. The van der Waals surface area contributed by atoms with Crippen molar-refractivity contribution in [3.05, 3.63) is 71.8 Å². The number of carbonyl (C=O) groups is 2. The number of hydrogen-bond acceptors (Lipinski definition) is 5. The predicted molar refractivity (Wildman–Crippen MR) is 122 cm³/mol. The first-order chi connectivity index (χ1) is 16.3. The molecule has 1 saturated heterocycles. The highest BCUT2D eigenvalue weighted by Crippen LogP contribution is 2.35. The highest BCUT2D eigenvalue weighted by atomic mass is 19.4. The Morgan fingerprint density at radius 2 is 1.74 bits per heavy atom. The van der Waals surface area contributed by atoms with Crippen LogP contribution in [0.3, 0.4) is 0 Å². The topological polar surface area (TPSA) is 67.9 Å². The predicted octanol–water partition coefficient (Wildman–Crippen LogP) is 4.42. The summed E-state index contributed by atoms with van der Waals surface area (Å²) in [5.74, 6) is -1.33. The van der Waals surface area contributed by atoms with Crippen LogP contribution in [0.15, 0.2) is 60.7 Å². The molecule has 1 aliphatic rings. The highest BCUT2D eigenvalue weighted by molar-refractivity contribution is 5.96. The summed E-state index contributed by atoms with van der Waals surface area (Å²) in [7, 11) is 0. The van der Waals surface area contributed by atoms with Gasteiger partial charge in [0.05, 0.1) is 36.6 Å². The van der Waals surface area contributed by atoms with Crippen molar-refractivity contribution >= 4 is 34.0 Å². The second-order valence-electron chi connectivity index (χ2n) is 7.85. The van der Waals surface area contributed by atoms with Crippen molar-refractivity contribution in [2.24, 2.45) is 0 Å². The largest absolute Gasteiger partial charge is 0.455 e. The fourth-order valence-electron chi connectivity index (χ4n) is 3.88. The number of ether oxygens (including phenoxy) is 2. The van der Waals surface area contributed by atoms with Crippen molar-refractivity contribution in [1.82, 2.24) is 0 Å². The Hall–Kier alpha value is -3.59. The van der Waals surface area contributed by atoms with Gasteiger partial charge in [0, 0.05) is 13.1 Å². The van der Waals surface area contributed by atoms with Gasteiger partial charge < -0.3 is 19.7 Å². The van der Waals surface area contributed by atoms with Gasteiger partial charge in [0.15, 0.2) is 6.61 Å². The number of carbonyl (C=O) groups excluding carboxylic acids is 2. The first-order valence-electron chi connectivity index (χ1n) is 10.8. The van der Waals surface area contributed by atoms with Crippen molar-refractivity contribution in [2.75, 3.05) is 43.1 Å². The van der Waals surface area contributed by atoms with Gasteiger partial charge in [0.1, 0.15) is 0 Å². The molecule has 178 valence electrons. The number of benzene rings is 3. The smallest absolute Gasteiger partial charge is 0.416 e. The van der Waals surface area contributed by atoms with Crippen LogP contribution in [0.5, 0.6) is 0 Å². The zero-order chi connectivity index (χ0) is 24.1. The number of hydrogen-bond donors (Lipinski definition) is 1. The number of nitrogens with one attached hydrogen (secondary N) is 1. The molecular formula is C25H23F3N2O4. The molecule has 1 N–H and O–H groups in total. The number of amides is 1. The first kappa shape index (κ1) is 23.6. The lowest BCUT2D eigenvalue weighted by Crippen LogP contribution is -2.37. The molecule has 1 heterocycles. The third-order valence-corrected chi connectivity index (χ3v) is 5.53. The van der Waals surface area contributed by atoms with Crippen molar-refractivity contribution in [1.29, 1.82) is 0 Å². The van der Waals surface area contributed by atoms with Gasteiger partial charge in [0.25, 0.3) is 5.91 Å². The van der Waals surface area contributed by atoms with Gasteiger partial charge in [-0.15, -0.1) is 0 Å². The van der Waals surface area contributed by atoms with Crippen LogP contribution in [0.4, 0.5) is 24.5 Å². The Balaban J connectivity index is 1.43. The number of fused-ring (bicyclic) bond motifs is 1. The van der Waals surface area contributed by atoms with E-state index >= 15 is 0 Å². The van der Waals surface area contributed by atoms with Gasteiger partial charge in [-0.3, -0.25) is 9.59 Å². The summed E-state index contributed by atoms with van der Waals surface area (Å²) in [6, 6.07) is 16.4. The standard InChI is InChI=1S/C25H23F3N2O4/c26-25(27,28)19-8-9-22(30-10-12-33-13-11-30)21(15-19)29-23(31)16-34-24(32)14-18-6-3-5-17-4-1-2-7-20(17)18/h1-9,15H,10-14,16H2,(H,29,31). The number of alkyl halides is 3. The van der Waals surface area contributed by atoms with Crippen molar-refractivity contribution < 1.29 is 32.2 Å². The number of rotatable bonds is 6. The molecule has 9 heteroatoms. The summed E-state index contributed by atoms with van der Waals surface area (Å²) < 4.78 is 50.1. The van der Waals surface area contributed by atoms with E-state index in [9.17, 15) is 22.8 Å². The van der Waals surface area contributed by atoms with Gasteiger partial charge in [-0.05, 0) is 34.5 Å². The van der Waals surface area contributed by atoms with Gasteiger partial charge in [-0.2, -0.15) is 13.2 Å². The average Bonchev–Trinajstić information content (AvgIpc) is 2.83. The molecule has 0 aromatic heterocycles. The van der Waals surface area contributed by atoms with Crippen LogP contribution in [0.25, 0.3) is 10.8 Å². The molecule has 0 saturated carbocycles.